The summed E-state index contributed by atoms with van der Waals surface area (Å²) in [6.07, 6.45) is 0. The second kappa shape index (κ2) is 7.63. The minimum Gasteiger partial charge on any atom is -0.353 e. The van der Waals surface area contributed by atoms with Gasteiger partial charge < -0.3 is 4.90 Å². The average molecular weight is 430 g/mol. The summed E-state index contributed by atoms with van der Waals surface area (Å²) in [4.78, 5) is 16.8. The highest BCUT2D eigenvalue weighted by Gasteiger charge is 2.32. The largest absolute Gasteiger partial charge is 0.353 e. The fraction of sp³-hybridized carbons (Fsp3) is 0.476. The van der Waals surface area contributed by atoms with Crippen molar-refractivity contribution in [3.8, 4) is 0 Å². The molecule has 9 heteroatoms. The fourth-order valence-corrected chi connectivity index (χ4v) is 4.97. The highest BCUT2D eigenvalue weighted by molar-refractivity contribution is 7.90. The van der Waals surface area contributed by atoms with Crippen molar-refractivity contribution in [2.24, 2.45) is 4.40 Å². The number of rotatable bonds is 3. The maximum atomic E-state index is 12.3. The van der Waals surface area contributed by atoms with Crippen molar-refractivity contribution < 1.29 is 8.42 Å². The molecule has 1 aromatic carbocycles. The Bertz CT molecular complexity index is 1140. The molecule has 1 saturated heterocycles. The molecule has 1 fully saturated rings. The zero-order valence-electron chi connectivity index (χ0n) is 17.6. The second-order valence-corrected chi connectivity index (χ2v) is 10.3. The molecule has 0 amide bonds. The van der Waals surface area contributed by atoms with Crippen molar-refractivity contribution in [1.82, 2.24) is 19.6 Å². The van der Waals surface area contributed by atoms with Gasteiger partial charge in [0.15, 0.2) is 5.84 Å². The van der Waals surface area contributed by atoms with Crippen LogP contribution in [0.25, 0.3) is 0 Å². The molecule has 2 aliphatic rings. The Balaban J connectivity index is 1.39. The Labute approximate surface area is 176 Å². The third-order valence-electron chi connectivity index (χ3n) is 5.55. The van der Waals surface area contributed by atoms with Crippen LogP contribution in [0.3, 0.4) is 0 Å². The third kappa shape index (κ3) is 4.04. The molecule has 0 bridgehead atoms. The summed E-state index contributed by atoms with van der Waals surface area (Å²) in [6.45, 7) is 10.4. The van der Waals surface area contributed by atoms with E-state index in [-0.39, 0.29) is 15.9 Å². The van der Waals surface area contributed by atoms with E-state index >= 15 is 0 Å². The van der Waals surface area contributed by atoms with E-state index in [1.165, 1.54) is 4.68 Å². The van der Waals surface area contributed by atoms with Gasteiger partial charge in [0.25, 0.3) is 15.6 Å². The van der Waals surface area contributed by atoms with E-state index in [2.05, 4.69) is 35.2 Å². The van der Waals surface area contributed by atoms with Crippen LogP contribution in [0.2, 0.25) is 0 Å². The van der Waals surface area contributed by atoms with Gasteiger partial charge in [-0.2, -0.15) is 13.5 Å². The van der Waals surface area contributed by atoms with Gasteiger partial charge in [0.2, 0.25) is 0 Å². The molecule has 0 radical (unpaired) electrons. The van der Waals surface area contributed by atoms with Crippen LogP contribution in [-0.2, 0) is 22.0 Å². The predicted molar refractivity (Wildman–Crippen MR) is 115 cm³/mol. The molecule has 3 heterocycles. The number of amidine groups is 1. The van der Waals surface area contributed by atoms with Crippen molar-refractivity contribution in [2.45, 2.75) is 37.6 Å². The first-order valence-corrected chi connectivity index (χ1v) is 11.6. The lowest BCUT2D eigenvalue weighted by atomic mass is 9.92. The molecular formula is C21H27N5O3S. The van der Waals surface area contributed by atoms with Crippen molar-refractivity contribution in [1.29, 1.82) is 0 Å². The van der Waals surface area contributed by atoms with Crippen molar-refractivity contribution in [3.63, 3.8) is 0 Å². The second-order valence-electron chi connectivity index (χ2n) is 8.74. The number of nitrogens with zero attached hydrogens (tertiary/aromatic N) is 5. The lowest BCUT2D eigenvalue weighted by molar-refractivity contribution is 0.174. The standard InChI is InChI=1S/C21H27N5O3S/c1-21(2,3)18-8-9-19(27)26(22-18)15-12-24-10-13-25(14-11-24)20-16-6-4-5-7-17(16)30(28,29)23-20/h4-9H,10-15H2,1-3H3. The highest BCUT2D eigenvalue weighted by Crippen LogP contribution is 2.27. The van der Waals surface area contributed by atoms with Gasteiger partial charge in [-0.25, -0.2) is 4.68 Å². The van der Waals surface area contributed by atoms with E-state index in [0.717, 1.165) is 25.3 Å². The van der Waals surface area contributed by atoms with Gasteiger partial charge in [0, 0.05) is 49.8 Å². The van der Waals surface area contributed by atoms with Gasteiger partial charge in [-0.15, -0.1) is 4.40 Å². The van der Waals surface area contributed by atoms with E-state index in [9.17, 15) is 13.2 Å². The van der Waals surface area contributed by atoms with E-state index in [0.29, 0.717) is 31.0 Å². The molecule has 2 aromatic rings. The molecule has 0 atom stereocenters. The van der Waals surface area contributed by atoms with E-state index in [1.54, 1.807) is 24.3 Å². The van der Waals surface area contributed by atoms with Gasteiger partial charge in [0.1, 0.15) is 4.90 Å². The number of hydrogen-bond donors (Lipinski definition) is 0. The molecule has 160 valence electrons. The van der Waals surface area contributed by atoms with Gasteiger partial charge in [-0.05, 0) is 18.2 Å². The molecule has 4 rings (SSSR count). The molecule has 0 saturated carbocycles. The van der Waals surface area contributed by atoms with Crippen molar-refractivity contribution >= 4 is 15.9 Å². The maximum Gasteiger partial charge on any atom is 0.285 e. The van der Waals surface area contributed by atoms with Crippen LogP contribution in [0, 0.1) is 0 Å². The molecule has 1 aromatic heterocycles. The number of benzene rings is 1. The molecule has 30 heavy (non-hydrogen) atoms. The zero-order chi connectivity index (χ0) is 21.5. The molecule has 8 nitrogen and oxygen atoms in total. The first-order chi connectivity index (χ1) is 14.1. The van der Waals surface area contributed by atoms with Gasteiger partial charge >= 0.3 is 0 Å². The summed E-state index contributed by atoms with van der Waals surface area (Å²) < 4.78 is 30.1. The summed E-state index contributed by atoms with van der Waals surface area (Å²) in [6, 6.07) is 10.4. The van der Waals surface area contributed by atoms with Crippen LogP contribution in [-0.4, -0.2) is 66.6 Å². The summed E-state index contributed by atoms with van der Waals surface area (Å²) in [5.74, 6) is 0.543. The lowest BCUT2D eigenvalue weighted by Crippen LogP contribution is -2.49. The Hall–Kier alpha value is -2.52. The quantitative estimate of drug-likeness (QED) is 0.731. The third-order valence-corrected chi connectivity index (χ3v) is 6.87. The Morgan fingerprint density at radius 2 is 1.67 bits per heavy atom. The van der Waals surface area contributed by atoms with Crippen molar-refractivity contribution in [3.05, 3.63) is 58.0 Å². The number of fused-ring (bicyclic) bond motifs is 1. The van der Waals surface area contributed by atoms with Gasteiger partial charge in [-0.3, -0.25) is 9.69 Å². The number of aromatic nitrogens is 2. The van der Waals surface area contributed by atoms with E-state index in [1.807, 2.05) is 17.0 Å². The van der Waals surface area contributed by atoms with Crippen LogP contribution < -0.4 is 5.56 Å². The first kappa shape index (κ1) is 20.7. The minimum atomic E-state index is -3.60. The molecular weight excluding hydrogens is 402 g/mol. The minimum absolute atomic E-state index is 0.0937. The van der Waals surface area contributed by atoms with E-state index in [4.69, 9.17) is 0 Å². The summed E-state index contributed by atoms with van der Waals surface area (Å²) >= 11 is 0. The number of piperazine rings is 1. The normalized spacial score (nSPS) is 18.9. The predicted octanol–water partition coefficient (Wildman–Crippen LogP) is 1.31. The highest BCUT2D eigenvalue weighted by atomic mass is 32.2. The smallest absolute Gasteiger partial charge is 0.285 e. The topological polar surface area (TPSA) is 87.9 Å². The molecule has 0 unspecified atom stereocenters. The lowest BCUT2D eigenvalue weighted by Gasteiger charge is -2.35. The van der Waals surface area contributed by atoms with Crippen LogP contribution in [0.1, 0.15) is 32.0 Å². The number of hydrogen-bond acceptors (Lipinski definition) is 6. The van der Waals surface area contributed by atoms with E-state index < -0.39 is 10.0 Å². The summed E-state index contributed by atoms with van der Waals surface area (Å²) in [5.41, 5.74) is 1.37. The van der Waals surface area contributed by atoms with Gasteiger partial charge in [-0.1, -0.05) is 32.9 Å². The number of sulfonamides is 1. The maximum absolute atomic E-state index is 12.3. The van der Waals surface area contributed by atoms with Crippen LogP contribution in [0.5, 0.6) is 0 Å². The SMILES string of the molecule is CC(C)(C)c1ccc(=O)n(CCN2CCN(C3=NS(=O)(=O)c4ccccc43)CC2)n1. The van der Waals surface area contributed by atoms with Gasteiger partial charge in [0.05, 0.1) is 12.2 Å². The van der Waals surface area contributed by atoms with Crippen LogP contribution >= 0.6 is 0 Å². The Kier molecular flexibility index (Phi) is 5.27. The Morgan fingerprint density at radius 3 is 2.37 bits per heavy atom. The molecule has 0 aliphatic carbocycles. The zero-order valence-corrected chi connectivity index (χ0v) is 18.4. The molecule has 0 spiro atoms. The molecule has 0 N–H and O–H groups in total. The monoisotopic (exact) mass is 429 g/mol. The van der Waals surface area contributed by atoms with Crippen LogP contribution in [0.4, 0.5) is 0 Å². The Morgan fingerprint density at radius 1 is 0.967 bits per heavy atom. The summed E-state index contributed by atoms with van der Waals surface area (Å²) in [5, 5.41) is 4.53. The van der Waals surface area contributed by atoms with Crippen LogP contribution in [0.15, 0.2) is 50.5 Å². The average Bonchev–Trinajstić information content (AvgIpc) is 2.98. The molecule has 2 aliphatic heterocycles. The van der Waals surface area contributed by atoms with Crippen molar-refractivity contribution in [2.75, 3.05) is 32.7 Å². The fourth-order valence-electron chi connectivity index (χ4n) is 3.75. The summed E-state index contributed by atoms with van der Waals surface area (Å²) in [7, 11) is -3.60. The first-order valence-electron chi connectivity index (χ1n) is 10.2.